The number of aliphatic hydroxyl groups excluding tert-OH is 1. The fraction of sp³-hybridized carbons (Fsp3) is 0.417. The van der Waals surface area contributed by atoms with Gasteiger partial charge in [-0.2, -0.15) is 13.2 Å². The first-order valence-corrected chi connectivity index (χ1v) is 17.0. The van der Waals surface area contributed by atoms with E-state index < -0.39 is 23.8 Å². The number of benzene rings is 2. The van der Waals surface area contributed by atoms with Gasteiger partial charge in [-0.25, -0.2) is 4.98 Å². The molecule has 2 aromatic heterocycles. The molecular weight excluding hydrogens is 611 g/mol. The molecule has 0 spiro atoms. The standard InChI is InChI=1S/C36H36F3N3O3S/c37-36(38,39)27-12-5-10-24(18-27)23-9-4-11-25(17-23)31(43)33(45)42-16-6-13-29-28(20-42)32(44)41-34(40-29)35(14-15-35)30-19-26(21-46-30)22-7-2-1-3-8-22/h4-5,9-12,17-19,21-22,31,43H,1-3,6-8,13-16,20H2,(H,40,41,44). The Morgan fingerprint density at radius 2 is 1.76 bits per heavy atom. The van der Waals surface area contributed by atoms with Gasteiger partial charge in [-0.1, -0.05) is 49.6 Å². The molecule has 0 bridgehead atoms. The van der Waals surface area contributed by atoms with Crippen molar-refractivity contribution in [2.45, 2.75) is 87.9 Å². The number of rotatable bonds is 6. The lowest BCUT2D eigenvalue weighted by atomic mass is 9.85. The summed E-state index contributed by atoms with van der Waals surface area (Å²) >= 11 is 1.77. The lowest BCUT2D eigenvalue weighted by Crippen LogP contribution is -2.36. The van der Waals surface area contributed by atoms with Gasteiger partial charge < -0.3 is 15.0 Å². The van der Waals surface area contributed by atoms with E-state index in [4.69, 9.17) is 4.98 Å². The van der Waals surface area contributed by atoms with Crippen LogP contribution in [0.1, 0.15) is 102 Å². The molecule has 1 amide bonds. The molecule has 240 valence electrons. The van der Waals surface area contributed by atoms with Crippen LogP contribution in [-0.2, 0) is 29.4 Å². The van der Waals surface area contributed by atoms with Crippen LogP contribution >= 0.6 is 11.3 Å². The van der Waals surface area contributed by atoms with Gasteiger partial charge in [0.05, 0.1) is 28.8 Å². The van der Waals surface area contributed by atoms with Gasteiger partial charge in [0.25, 0.3) is 11.5 Å². The van der Waals surface area contributed by atoms with E-state index in [2.05, 4.69) is 16.4 Å². The van der Waals surface area contributed by atoms with Crippen molar-refractivity contribution < 1.29 is 23.1 Å². The molecular formula is C36H36F3N3O3S. The first-order valence-electron chi connectivity index (χ1n) is 16.1. The number of aromatic nitrogens is 2. The molecule has 6 nitrogen and oxygen atoms in total. The van der Waals surface area contributed by atoms with Crippen LogP contribution in [0.3, 0.4) is 0 Å². The summed E-state index contributed by atoms with van der Waals surface area (Å²) in [5.41, 5.74) is 2.32. The van der Waals surface area contributed by atoms with Gasteiger partial charge in [0.15, 0.2) is 6.10 Å². The van der Waals surface area contributed by atoms with E-state index in [-0.39, 0.29) is 23.1 Å². The molecule has 2 N–H and O–H groups in total. The molecule has 7 rings (SSSR count). The fourth-order valence-corrected chi connectivity index (χ4v) is 8.35. The molecule has 2 aliphatic carbocycles. The average Bonchev–Trinajstić information content (AvgIpc) is 3.78. The summed E-state index contributed by atoms with van der Waals surface area (Å²) in [7, 11) is 0. The number of hydrogen-bond donors (Lipinski definition) is 2. The number of fused-ring (bicyclic) bond motifs is 1. The van der Waals surface area contributed by atoms with Crippen LogP contribution < -0.4 is 5.56 Å². The monoisotopic (exact) mass is 647 g/mol. The number of hydrogen-bond acceptors (Lipinski definition) is 5. The molecule has 10 heteroatoms. The summed E-state index contributed by atoms with van der Waals surface area (Å²) in [5, 5.41) is 13.4. The number of halogens is 3. The number of aryl methyl sites for hydroxylation is 1. The molecule has 4 aromatic rings. The van der Waals surface area contributed by atoms with Gasteiger partial charge in [0.1, 0.15) is 5.82 Å². The third kappa shape index (κ3) is 5.93. The Morgan fingerprint density at radius 3 is 2.50 bits per heavy atom. The molecule has 3 heterocycles. The highest BCUT2D eigenvalue weighted by molar-refractivity contribution is 7.10. The van der Waals surface area contributed by atoms with Crippen LogP contribution in [0.4, 0.5) is 13.2 Å². The molecule has 2 fully saturated rings. The normalized spacial score (nSPS) is 18.9. The summed E-state index contributed by atoms with van der Waals surface area (Å²) in [4.78, 5) is 37.9. The van der Waals surface area contributed by atoms with Gasteiger partial charge in [-0.15, -0.1) is 11.3 Å². The lowest BCUT2D eigenvalue weighted by Gasteiger charge is -2.24. The Balaban J connectivity index is 1.10. The van der Waals surface area contributed by atoms with Crippen LogP contribution in [-0.4, -0.2) is 32.4 Å². The number of carbonyl (C=O) groups is 1. The Bertz CT molecular complexity index is 1820. The van der Waals surface area contributed by atoms with E-state index in [9.17, 15) is 27.9 Å². The maximum atomic E-state index is 13.6. The zero-order chi connectivity index (χ0) is 32.1. The molecule has 1 aliphatic heterocycles. The third-order valence-corrected chi connectivity index (χ3v) is 11.1. The summed E-state index contributed by atoms with van der Waals surface area (Å²) in [6.45, 7) is 0.369. The summed E-state index contributed by atoms with van der Waals surface area (Å²) in [5.74, 6) is 0.764. The first-order chi connectivity index (χ1) is 22.1. The van der Waals surface area contributed by atoms with Crippen molar-refractivity contribution in [2.75, 3.05) is 6.54 Å². The zero-order valence-corrected chi connectivity index (χ0v) is 26.2. The number of carbonyl (C=O) groups excluding carboxylic acids is 1. The summed E-state index contributed by atoms with van der Waals surface area (Å²) in [6, 6.07) is 13.6. The largest absolute Gasteiger partial charge is 0.416 e. The second-order valence-corrected chi connectivity index (χ2v) is 13.9. The SMILES string of the molecule is O=C(C(O)c1cccc(-c2cccc(C(F)(F)F)c2)c1)N1CCCc2nc(C3(c4cc(C5CCCCC5)cs4)CC3)[nH]c(=O)c2C1. The Labute approximate surface area is 269 Å². The van der Waals surface area contributed by atoms with Crippen molar-refractivity contribution in [1.82, 2.24) is 14.9 Å². The van der Waals surface area contributed by atoms with E-state index in [0.717, 1.165) is 25.0 Å². The number of thiophene rings is 1. The molecule has 2 aromatic carbocycles. The number of amides is 1. The van der Waals surface area contributed by atoms with E-state index in [1.54, 1.807) is 35.6 Å². The minimum absolute atomic E-state index is 0.0268. The second-order valence-electron chi connectivity index (χ2n) is 13.0. The van der Waals surface area contributed by atoms with Gasteiger partial charge in [-0.3, -0.25) is 9.59 Å². The molecule has 2 saturated carbocycles. The van der Waals surface area contributed by atoms with Crippen LogP contribution in [0.15, 0.2) is 64.8 Å². The molecule has 0 radical (unpaired) electrons. The molecule has 0 saturated heterocycles. The highest BCUT2D eigenvalue weighted by Crippen LogP contribution is 2.54. The van der Waals surface area contributed by atoms with Crippen molar-refractivity contribution in [2.24, 2.45) is 0 Å². The second kappa shape index (κ2) is 12.1. The number of aliphatic hydroxyl groups is 1. The lowest BCUT2D eigenvalue weighted by molar-refractivity contribution is -0.141. The van der Waals surface area contributed by atoms with Gasteiger partial charge >= 0.3 is 6.18 Å². The summed E-state index contributed by atoms with van der Waals surface area (Å²) < 4.78 is 39.8. The van der Waals surface area contributed by atoms with Gasteiger partial charge in [0.2, 0.25) is 0 Å². The Hall–Kier alpha value is -3.76. The number of H-pyrrole nitrogens is 1. The van der Waals surface area contributed by atoms with Gasteiger partial charge in [0, 0.05) is 11.4 Å². The predicted molar refractivity (Wildman–Crippen MR) is 171 cm³/mol. The quantitative estimate of drug-likeness (QED) is 0.225. The zero-order valence-electron chi connectivity index (χ0n) is 25.4. The summed E-state index contributed by atoms with van der Waals surface area (Å²) in [6.07, 6.45) is 3.35. The number of nitrogens with zero attached hydrogens (tertiary/aromatic N) is 2. The van der Waals surface area contributed by atoms with Crippen LogP contribution in [0.5, 0.6) is 0 Å². The maximum absolute atomic E-state index is 13.6. The molecule has 1 unspecified atom stereocenters. The van der Waals surface area contributed by atoms with Crippen molar-refractivity contribution >= 4 is 17.2 Å². The van der Waals surface area contributed by atoms with E-state index in [1.807, 2.05) is 0 Å². The van der Waals surface area contributed by atoms with Crippen molar-refractivity contribution in [3.8, 4) is 11.1 Å². The molecule has 3 aliphatic rings. The van der Waals surface area contributed by atoms with E-state index in [0.29, 0.717) is 53.5 Å². The highest BCUT2D eigenvalue weighted by Gasteiger charge is 2.50. The van der Waals surface area contributed by atoms with E-state index in [1.165, 1.54) is 59.6 Å². The number of nitrogens with one attached hydrogen (secondary N) is 1. The highest BCUT2D eigenvalue weighted by atomic mass is 32.1. The van der Waals surface area contributed by atoms with Crippen molar-refractivity contribution in [3.63, 3.8) is 0 Å². The maximum Gasteiger partial charge on any atom is 0.416 e. The topological polar surface area (TPSA) is 86.3 Å². The number of alkyl halides is 3. The Kier molecular flexibility index (Phi) is 8.13. The van der Waals surface area contributed by atoms with E-state index >= 15 is 0 Å². The minimum Gasteiger partial charge on any atom is -0.378 e. The van der Waals surface area contributed by atoms with Gasteiger partial charge in [-0.05, 0) is 96.3 Å². The molecule has 46 heavy (non-hydrogen) atoms. The molecule has 1 atom stereocenters. The predicted octanol–water partition coefficient (Wildman–Crippen LogP) is 7.65. The van der Waals surface area contributed by atoms with Crippen molar-refractivity contribution in [1.29, 1.82) is 0 Å². The minimum atomic E-state index is -4.49. The van der Waals surface area contributed by atoms with Crippen LogP contribution in [0.2, 0.25) is 0 Å². The Morgan fingerprint density at radius 1 is 1.02 bits per heavy atom. The smallest absolute Gasteiger partial charge is 0.378 e. The number of aromatic amines is 1. The van der Waals surface area contributed by atoms with Crippen molar-refractivity contribution in [3.05, 3.63) is 109 Å². The van der Waals surface area contributed by atoms with Crippen LogP contribution in [0, 0.1) is 0 Å². The fourth-order valence-electron chi connectivity index (χ4n) is 7.09. The third-order valence-electron chi connectivity index (χ3n) is 9.93. The first kappa shape index (κ1) is 30.9. The van der Waals surface area contributed by atoms with Crippen LogP contribution in [0.25, 0.3) is 11.1 Å². The average molecular weight is 648 g/mol.